The summed E-state index contributed by atoms with van der Waals surface area (Å²) in [7, 11) is 0. The first kappa shape index (κ1) is 11.4. The molecule has 82 valence electrons. The number of rotatable bonds is 2. The number of aliphatic hydroxyl groups excluding tert-OH is 1. The zero-order valence-electron chi connectivity index (χ0n) is 7.12. The van der Waals surface area contributed by atoms with Crippen LogP contribution < -0.4 is 0 Å². The Hall–Kier alpha value is -1.70. The fourth-order valence-electron chi connectivity index (χ4n) is 0.867. The first-order valence-electron chi connectivity index (χ1n) is 3.63. The van der Waals surface area contributed by atoms with Crippen molar-refractivity contribution in [2.75, 3.05) is 0 Å². The molecule has 15 heavy (non-hydrogen) atoms. The van der Waals surface area contributed by atoms with Crippen LogP contribution in [-0.4, -0.2) is 26.2 Å². The number of aromatic carboxylic acids is 1. The minimum atomic E-state index is -4.89. The van der Waals surface area contributed by atoms with Gasteiger partial charge in [0.2, 0.25) is 0 Å². The van der Waals surface area contributed by atoms with Crippen LogP contribution in [0.25, 0.3) is 0 Å². The van der Waals surface area contributed by atoms with E-state index in [0.29, 0.717) is 6.20 Å². The molecule has 5 nitrogen and oxygen atoms in total. The molecule has 0 aliphatic heterocycles. The predicted molar refractivity (Wildman–Crippen MR) is 39.9 cm³/mol. The van der Waals surface area contributed by atoms with E-state index in [4.69, 9.17) is 10.2 Å². The Morgan fingerprint density at radius 2 is 2.07 bits per heavy atom. The average molecular weight is 222 g/mol. The third kappa shape index (κ3) is 2.40. The van der Waals surface area contributed by atoms with E-state index in [9.17, 15) is 18.0 Å². The Bertz CT molecular complexity index is 392. The van der Waals surface area contributed by atoms with Crippen molar-refractivity contribution in [1.82, 2.24) is 9.97 Å². The molecule has 0 radical (unpaired) electrons. The predicted octanol–water partition coefficient (Wildman–Crippen LogP) is 0.686. The van der Waals surface area contributed by atoms with Gasteiger partial charge in [0.1, 0.15) is 12.2 Å². The second-order valence-electron chi connectivity index (χ2n) is 2.51. The zero-order chi connectivity index (χ0) is 11.6. The highest BCUT2D eigenvalue weighted by molar-refractivity contribution is 5.88. The maximum absolute atomic E-state index is 12.3. The average Bonchev–Trinajstić information content (AvgIpc) is 2.15. The minimum Gasteiger partial charge on any atom is -0.478 e. The molecule has 0 aliphatic carbocycles. The van der Waals surface area contributed by atoms with Gasteiger partial charge in [0, 0.05) is 6.20 Å². The quantitative estimate of drug-likeness (QED) is 0.768. The van der Waals surface area contributed by atoms with Crippen molar-refractivity contribution in [3.63, 3.8) is 0 Å². The van der Waals surface area contributed by atoms with E-state index in [1.165, 1.54) is 0 Å². The van der Waals surface area contributed by atoms with Crippen molar-refractivity contribution < 1.29 is 28.2 Å². The molecule has 0 saturated carbocycles. The van der Waals surface area contributed by atoms with Crippen molar-refractivity contribution in [1.29, 1.82) is 0 Å². The van der Waals surface area contributed by atoms with Gasteiger partial charge >= 0.3 is 12.1 Å². The molecule has 0 bridgehead atoms. The molecular formula is C7H5F3N2O3. The van der Waals surface area contributed by atoms with Crippen molar-refractivity contribution in [2.45, 2.75) is 12.8 Å². The molecule has 0 amide bonds. The lowest BCUT2D eigenvalue weighted by atomic mass is 10.2. The van der Waals surface area contributed by atoms with E-state index in [1.54, 1.807) is 0 Å². The van der Waals surface area contributed by atoms with Gasteiger partial charge in [0.15, 0.2) is 11.5 Å². The normalized spacial score (nSPS) is 11.5. The van der Waals surface area contributed by atoms with Crippen LogP contribution in [0.3, 0.4) is 0 Å². The van der Waals surface area contributed by atoms with E-state index in [0.717, 1.165) is 0 Å². The van der Waals surface area contributed by atoms with E-state index >= 15 is 0 Å². The number of alkyl halides is 3. The number of carboxylic acid groups (broad SMARTS) is 1. The fourth-order valence-corrected chi connectivity index (χ4v) is 0.867. The van der Waals surface area contributed by atoms with Crippen LogP contribution in [0.2, 0.25) is 0 Å². The molecule has 0 spiro atoms. The highest BCUT2D eigenvalue weighted by atomic mass is 19.4. The van der Waals surface area contributed by atoms with Crippen molar-refractivity contribution in [2.24, 2.45) is 0 Å². The summed E-state index contributed by atoms with van der Waals surface area (Å²) in [6.45, 7) is -0.789. The summed E-state index contributed by atoms with van der Waals surface area (Å²) in [5.41, 5.74) is -2.60. The van der Waals surface area contributed by atoms with E-state index in [2.05, 4.69) is 9.97 Å². The number of hydrogen-bond donors (Lipinski definition) is 2. The monoisotopic (exact) mass is 222 g/mol. The number of nitrogens with zero attached hydrogens (tertiary/aromatic N) is 2. The van der Waals surface area contributed by atoms with Gasteiger partial charge in [-0.2, -0.15) is 13.2 Å². The third-order valence-corrected chi connectivity index (χ3v) is 1.48. The Morgan fingerprint density at radius 3 is 2.47 bits per heavy atom. The van der Waals surface area contributed by atoms with Crippen LogP contribution in [0.1, 0.15) is 21.9 Å². The van der Waals surface area contributed by atoms with Crippen molar-refractivity contribution in [3.8, 4) is 0 Å². The standard InChI is InChI=1S/C7H5F3N2O3/c8-7(9,10)5-3(6(14)15)1-11-4(2-13)12-5/h1,13H,2H2,(H,14,15). The van der Waals surface area contributed by atoms with Crippen LogP contribution in [-0.2, 0) is 12.8 Å². The Kier molecular flexibility index (Phi) is 2.89. The molecule has 2 N–H and O–H groups in total. The highest BCUT2D eigenvalue weighted by Crippen LogP contribution is 2.30. The minimum absolute atomic E-state index is 0.479. The summed E-state index contributed by atoms with van der Waals surface area (Å²) in [6, 6.07) is 0. The topological polar surface area (TPSA) is 83.3 Å². The lowest BCUT2D eigenvalue weighted by molar-refractivity contribution is -0.142. The van der Waals surface area contributed by atoms with Gasteiger partial charge in [-0.3, -0.25) is 0 Å². The summed E-state index contributed by atoms with van der Waals surface area (Å²) in [5.74, 6) is -2.25. The molecule has 1 aromatic rings. The summed E-state index contributed by atoms with van der Waals surface area (Å²) < 4.78 is 36.9. The molecular weight excluding hydrogens is 217 g/mol. The maximum atomic E-state index is 12.3. The van der Waals surface area contributed by atoms with E-state index in [1.807, 2.05) is 0 Å². The fraction of sp³-hybridized carbons (Fsp3) is 0.286. The molecule has 1 rings (SSSR count). The number of aromatic nitrogens is 2. The second-order valence-corrected chi connectivity index (χ2v) is 2.51. The molecule has 0 aromatic carbocycles. The highest BCUT2D eigenvalue weighted by Gasteiger charge is 2.38. The molecule has 0 atom stereocenters. The molecule has 8 heteroatoms. The Balaban J connectivity index is 3.36. The van der Waals surface area contributed by atoms with E-state index < -0.39 is 35.8 Å². The van der Waals surface area contributed by atoms with Crippen LogP contribution in [0.5, 0.6) is 0 Å². The molecule has 1 heterocycles. The molecule has 0 fully saturated rings. The molecule has 0 unspecified atom stereocenters. The maximum Gasteiger partial charge on any atom is 0.434 e. The van der Waals surface area contributed by atoms with Gasteiger partial charge in [-0.05, 0) is 0 Å². The smallest absolute Gasteiger partial charge is 0.434 e. The SMILES string of the molecule is O=C(O)c1cnc(CO)nc1C(F)(F)F. The number of carboxylic acids is 1. The first-order valence-corrected chi connectivity index (χ1v) is 3.63. The zero-order valence-corrected chi connectivity index (χ0v) is 7.12. The van der Waals surface area contributed by atoms with Crippen molar-refractivity contribution >= 4 is 5.97 Å². The van der Waals surface area contributed by atoms with Crippen LogP contribution in [0.15, 0.2) is 6.20 Å². The Labute approximate surface area is 81.2 Å². The van der Waals surface area contributed by atoms with Gasteiger partial charge in [0.25, 0.3) is 0 Å². The van der Waals surface area contributed by atoms with Crippen LogP contribution >= 0.6 is 0 Å². The van der Waals surface area contributed by atoms with Gasteiger partial charge in [0.05, 0.1) is 0 Å². The third-order valence-electron chi connectivity index (χ3n) is 1.48. The number of carbonyl (C=O) groups is 1. The molecule has 1 aromatic heterocycles. The second kappa shape index (κ2) is 3.81. The summed E-state index contributed by atoms with van der Waals surface area (Å²) in [4.78, 5) is 16.6. The number of aliphatic hydroxyl groups is 1. The van der Waals surface area contributed by atoms with Gasteiger partial charge < -0.3 is 10.2 Å². The lowest BCUT2D eigenvalue weighted by Gasteiger charge is -2.09. The largest absolute Gasteiger partial charge is 0.478 e. The Morgan fingerprint density at radius 1 is 1.47 bits per heavy atom. The van der Waals surface area contributed by atoms with Gasteiger partial charge in [-0.1, -0.05) is 0 Å². The van der Waals surface area contributed by atoms with Crippen molar-refractivity contribution in [3.05, 3.63) is 23.3 Å². The summed E-state index contributed by atoms with van der Waals surface area (Å²) in [5, 5.41) is 17.0. The summed E-state index contributed by atoms with van der Waals surface area (Å²) >= 11 is 0. The van der Waals surface area contributed by atoms with Gasteiger partial charge in [-0.15, -0.1) is 0 Å². The van der Waals surface area contributed by atoms with E-state index in [-0.39, 0.29) is 0 Å². The molecule has 0 saturated heterocycles. The number of hydrogen-bond acceptors (Lipinski definition) is 4. The first-order chi connectivity index (χ1) is 6.86. The van der Waals surface area contributed by atoms with Crippen LogP contribution in [0, 0.1) is 0 Å². The van der Waals surface area contributed by atoms with Gasteiger partial charge in [-0.25, -0.2) is 14.8 Å². The molecule has 0 aliphatic rings. The summed E-state index contributed by atoms with van der Waals surface area (Å²) in [6.07, 6.45) is -4.37. The van der Waals surface area contributed by atoms with Crippen LogP contribution in [0.4, 0.5) is 13.2 Å². The lowest BCUT2D eigenvalue weighted by Crippen LogP contribution is -2.17. The number of halogens is 3.